The van der Waals surface area contributed by atoms with Gasteiger partial charge in [-0.3, -0.25) is 4.79 Å². The summed E-state index contributed by atoms with van der Waals surface area (Å²) in [5.41, 5.74) is 6.69. The predicted octanol–water partition coefficient (Wildman–Crippen LogP) is 3.05. The number of carbonyl (C=O) groups is 2. The minimum absolute atomic E-state index is 0. The molecule has 1 aliphatic carbocycles. The Balaban J connectivity index is 0.00000320. The summed E-state index contributed by atoms with van der Waals surface area (Å²) in [6, 6.07) is -0.158. The summed E-state index contributed by atoms with van der Waals surface area (Å²) in [7, 11) is 0. The zero-order valence-electron chi connectivity index (χ0n) is 16.6. The van der Waals surface area contributed by atoms with E-state index < -0.39 is 30.8 Å². The van der Waals surface area contributed by atoms with Crippen molar-refractivity contribution in [2.75, 3.05) is 11.9 Å². The Hall–Kier alpha value is -2.07. The van der Waals surface area contributed by atoms with Crippen LogP contribution in [-0.4, -0.2) is 46.6 Å². The third kappa shape index (κ3) is 5.98. The standard InChI is InChI=1S/C19H26F3N5O2.ClH/c1-11-2-4-13(5-3-11)16(23)17(28)26-15-8-12(6-7-24-15)9-27-10-14(19(20,21)22)25-18(27)29;/h6-8,11,13-14,16H,2-5,9-10,23H2,1H3,(H,25,29)(H,24,26,28);1H/t11?,13?,14-,16-;/m0./s1. The molecular formula is C19H27ClF3N5O2. The minimum atomic E-state index is -4.49. The van der Waals surface area contributed by atoms with Gasteiger partial charge in [0.1, 0.15) is 11.9 Å². The van der Waals surface area contributed by atoms with Crippen LogP contribution in [0.15, 0.2) is 18.3 Å². The maximum atomic E-state index is 12.8. The number of nitrogens with one attached hydrogen (secondary N) is 2. The van der Waals surface area contributed by atoms with Crippen LogP contribution in [0.2, 0.25) is 0 Å². The molecule has 3 amide bonds. The summed E-state index contributed by atoms with van der Waals surface area (Å²) in [4.78, 5) is 29.4. The molecule has 2 fully saturated rings. The van der Waals surface area contributed by atoms with Crippen LogP contribution in [0.4, 0.5) is 23.8 Å². The van der Waals surface area contributed by atoms with E-state index in [0.717, 1.165) is 30.6 Å². The Morgan fingerprint density at radius 3 is 2.63 bits per heavy atom. The highest BCUT2D eigenvalue weighted by Gasteiger charge is 2.46. The van der Waals surface area contributed by atoms with Crippen molar-refractivity contribution in [3.8, 4) is 0 Å². The van der Waals surface area contributed by atoms with Crippen LogP contribution in [0.25, 0.3) is 0 Å². The molecule has 1 aliphatic heterocycles. The molecule has 30 heavy (non-hydrogen) atoms. The summed E-state index contributed by atoms with van der Waals surface area (Å²) < 4.78 is 38.4. The zero-order valence-corrected chi connectivity index (χ0v) is 17.4. The number of anilines is 1. The molecule has 0 bridgehead atoms. The molecule has 168 valence electrons. The van der Waals surface area contributed by atoms with Gasteiger partial charge in [-0.1, -0.05) is 19.8 Å². The van der Waals surface area contributed by atoms with Gasteiger partial charge in [0.2, 0.25) is 5.91 Å². The van der Waals surface area contributed by atoms with Crippen LogP contribution in [0, 0.1) is 11.8 Å². The zero-order chi connectivity index (χ0) is 21.2. The predicted molar refractivity (Wildman–Crippen MR) is 108 cm³/mol. The Kier molecular flexibility index (Phi) is 7.93. The molecule has 1 saturated heterocycles. The fourth-order valence-electron chi connectivity index (χ4n) is 3.84. The minimum Gasteiger partial charge on any atom is -0.324 e. The van der Waals surface area contributed by atoms with Gasteiger partial charge in [-0.2, -0.15) is 13.2 Å². The summed E-state index contributed by atoms with van der Waals surface area (Å²) in [6.07, 6.45) is 0.872. The Bertz CT molecular complexity index is 756. The number of urea groups is 1. The van der Waals surface area contributed by atoms with Crippen molar-refractivity contribution in [3.05, 3.63) is 23.9 Å². The first-order chi connectivity index (χ1) is 13.6. The van der Waals surface area contributed by atoms with Crippen LogP contribution < -0.4 is 16.4 Å². The lowest BCUT2D eigenvalue weighted by Crippen LogP contribution is -2.43. The lowest BCUT2D eigenvalue weighted by atomic mass is 9.79. The van der Waals surface area contributed by atoms with Crippen LogP contribution >= 0.6 is 12.4 Å². The number of amides is 3. The largest absolute Gasteiger partial charge is 0.410 e. The smallest absolute Gasteiger partial charge is 0.324 e. The van der Waals surface area contributed by atoms with Gasteiger partial charge in [0.15, 0.2) is 0 Å². The number of pyridine rings is 1. The number of nitrogens with two attached hydrogens (primary N) is 1. The number of hydrogen-bond donors (Lipinski definition) is 3. The van der Waals surface area contributed by atoms with Gasteiger partial charge in [-0.15, -0.1) is 12.4 Å². The molecule has 0 spiro atoms. The lowest BCUT2D eigenvalue weighted by Gasteiger charge is -2.29. The number of rotatable bonds is 5. The molecule has 1 aromatic rings. The van der Waals surface area contributed by atoms with Gasteiger partial charge >= 0.3 is 12.2 Å². The first kappa shape index (κ1) is 24.2. The second-order valence-corrected chi connectivity index (χ2v) is 8.01. The summed E-state index contributed by atoms with van der Waals surface area (Å²) in [5.74, 6) is 0.714. The van der Waals surface area contributed by atoms with Crippen LogP contribution in [0.1, 0.15) is 38.2 Å². The van der Waals surface area contributed by atoms with E-state index in [1.807, 2.05) is 5.32 Å². The maximum Gasteiger partial charge on any atom is 0.410 e. The van der Waals surface area contributed by atoms with Crippen molar-refractivity contribution in [3.63, 3.8) is 0 Å². The second kappa shape index (κ2) is 9.82. The number of aromatic nitrogens is 1. The first-order valence-electron chi connectivity index (χ1n) is 9.77. The Labute approximate surface area is 179 Å². The quantitative estimate of drug-likeness (QED) is 0.643. The van der Waals surface area contributed by atoms with E-state index >= 15 is 0 Å². The fourth-order valence-corrected chi connectivity index (χ4v) is 3.84. The summed E-state index contributed by atoms with van der Waals surface area (Å²) in [5, 5.41) is 4.61. The van der Waals surface area contributed by atoms with E-state index in [2.05, 4.69) is 17.2 Å². The second-order valence-electron chi connectivity index (χ2n) is 8.01. The molecule has 4 N–H and O–H groups in total. The van der Waals surface area contributed by atoms with Gasteiger partial charge in [0.25, 0.3) is 0 Å². The monoisotopic (exact) mass is 449 g/mol. The maximum absolute atomic E-state index is 12.8. The van der Waals surface area contributed by atoms with Crippen LogP contribution in [0.3, 0.4) is 0 Å². The van der Waals surface area contributed by atoms with Crippen molar-refractivity contribution < 1.29 is 22.8 Å². The number of alkyl halides is 3. The van der Waals surface area contributed by atoms with Crippen molar-refractivity contribution in [1.29, 1.82) is 0 Å². The van der Waals surface area contributed by atoms with E-state index in [1.54, 1.807) is 12.1 Å². The average molecular weight is 450 g/mol. The molecule has 2 aliphatic rings. The number of hydrogen-bond acceptors (Lipinski definition) is 4. The fraction of sp³-hybridized carbons (Fsp3) is 0.632. The molecule has 7 nitrogen and oxygen atoms in total. The van der Waals surface area contributed by atoms with E-state index in [4.69, 9.17) is 5.73 Å². The van der Waals surface area contributed by atoms with Crippen molar-refractivity contribution in [2.45, 2.75) is 57.4 Å². The highest BCUT2D eigenvalue weighted by molar-refractivity contribution is 5.94. The number of carbonyl (C=O) groups excluding carboxylic acids is 2. The van der Waals surface area contributed by atoms with Crippen molar-refractivity contribution in [2.24, 2.45) is 17.6 Å². The first-order valence-corrected chi connectivity index (χ1v) is 9.77. The van der Waals surface area contributed by atoms with E-state index in [1.165, 1.54) is 6.20 Å². The molecular weight excluding hydrogens is 423 g/mol. The SMILES string of the molecule is CC1CCC([C@H](N)C(=O)Nc2cc(CN3C[C@@H](C(F)(F)F)NC3=O)ccn2)CC1.Cl. The molecule has 0 radical (unpaired) electrons. The van der Waals surface area contributed by atoms with Crippen LogP contribution in [0.5, 0.6) is 0 Å². The Morgan fingerprint density at radius 2 is 2.03 bits per heavy atom. The highest BCUT2D eigenvalue weighted by Crippen LogP contribution is 2.30. The van der Waals surface area contributed by atoms with E-state index in [0.29, 0.717) is 11.5 Å². The van der Waals surface area contributed by atoms with Gasteiger partial charge < -0.3 is 21.3 Å². The number of halogens is 4. The summed E-state index contributed by atoms with van der Waals surface area (Å²) >= 11 is 0. The van der Waals surface area contributed by atoms with E-state index in [9.17, 15) is 22.8 Å². The van der Waals surface area contributed by atoms with Crippen LogP contribution in [-0.2, 0) is 11.3 Å². The number of nitrogens with zero attached hydrogens (tertiary/aromatic N) is 2. The lowest BCUT2D eigenvalue weighted by molar-refractivity contribution is -0.149. The van der Waals surface area contributed by atoms with Crippen molar-refractivity contribution in [1.82, 2.24) is 15.2 Å². The molecule has 2 heterocycles. The molecule has 3 rings (SSSR count). The topological polar surface area (TPSA) is 100 Å². The molecule has 1 saturated carbocycles. The van der Waals surface area contributed by atoms with Gasteiger partial charge in [0.05, 0.1) is 12.6 Å². The summed E-state index contributed by atoms with van der Waals surface area (Å²) in [6.45, 7) is 1.71. The normalized spacial score (nSPS) is 25.3. The highest BCUT2D eigenvalue weighted by atomic mass is 35.5. The molecule has 1 aromatic heterocycles. The third-order valence-corrected chi connectivity index (χ3v) is 5.70. The van der Waals surface area contributed by atoms with E-state index in [-0.39, 0.29) is 36.6 Å². The Morgan fingerprint density at radius 1 is 1.37 bits per heavy atom. The van der Waals surface area contributed by atoms with Gasteiger partial charge in [-0.25, -0.2) is 9.78 Å². The van der Waals surface area contributed by atoms with Crippen molar-refractivity contribution >= 4 is 30.2 Å². The molecule has 0 unspecified atom stereocenters. The third-order valence-electron chi connectivity index (χ3n) is 5.70. The van der Waals surface area contributed by atoms with Gasteiger partial charge in [-0.05, 0) is 42.4 Å². The molecule has 2 atom stereocenters. The molecule has 0 aromatic carbocycles. The molecule has 11 heteroatoms. The average Bonchev–Trinajstić information content (AvgIpc) is 3.03. The van der Waals surface area contributed by atoms with Gasteiger partial charge in [0, 0.05) is 12.7 Å².